The molecule has 29 heavy (non-hydrogen) atoms. The van der Waals surface area contributed by atoms with Crippen molar-refractivity contribution in [3.05, 3.63) is 53.4 Å². The van der Waals surface area contributed by atoms with Gasteiger partial charge in [-0.2, -0.15) is 13.2 Å². The molecule has 0 saturated heterocycles. The van der Waals surface area contributed by atoms with Crippen molar-refractivity contribution in [2.24, 2.45) is 0 Å². The quantitative estimate of drug-likeness (QED) is 0.776. The summed E-state index contributed by atoms with van der Waals surface area (Å²) >= 11 is 0. The maximum atomic E-state index is 13.0. The number of carbonyl (C=O) groups excluding carboxylic acids is 2. The molecule has 0 atom stereocenters. The van der Waals surface area contributed by atoms with Gasteiger partial charge in [0.15, 0.2) is 5.82 Å². The van der Waals surface area contributed by atoms with Crippen LogP contribution in [0.3, 0.4) is 0 Å². The number of alkyl halides is 3. The van der Waals surface area contributed by atoms with E-state index in [-0.39, 0.29) is 17.3 Å². The van der Waals surface area contributed by atoms with Crippen LogP contribution in [0.15, 0.2) is 42.3 Å². The van der Waals surface area contributed by atoms with Crippen LogP contribution in [0.2, 0.25) is 0 Å². The van der Waals surface area contributed by atoms with Gasteiger partial charge >= 0.3 is 6.18 Å². The molecule has 3 rings (SSSR count). The Morgan fingerprint density at radius 3 is 2.72 bits per heavy atom. The predicted molar refractivity (Wildman–Crippen MR) is 98.8 cm³/mol. The van der Waals surface area contributed by atoms with E-state index in [0.29, 0.717) is 18.5 Å². The molecule has 0 bridgehead atoms. The van der Waals surface area contributed by atoms with Crippen LogP contribution in [0.1, 0.15) is 24.5 Å². The number of halogens is 3. The topological polar surface area (TPSA) is 80.1 Å². The van der Waals surface area contributed by atoms with Crippen molar-refractivity contribution >= 4 is 18.0 Å². The summed E-state index contributed by atoms with van der Waals surface area (Å²) in [5, 5.41) is 5.27. The summed E-state index contributed by atoms with van der Waals surface area (Å²) in [5.41, 5.74) is 3.23. The van der Waals surface area contributed by atoms with Crippen molar-refractivity contribution in [1.29, 1.82) is 0 Å². The van der Waals surface area contributed by atoms with Gasteiger partial charge in [-0.15, -0.1) is 5.10 Å². The van der Waals surface area contributed by atoms with Crippen molar-refractivity contribution in [3.8, 4) is 11.4 Å². The molecule has 2 aromatic rings. The first-order valence-electron chi connectivity index (χ1n) is 8.76. The lowest BCUT2D eigenvalue weighted by molar-refractivity contribution is -0.137. The third-order valence-corrected chi connectivity index (χ3v) is 4.20. The first-order chi connectivity index (χ1) is 13.7. The van der Waals surface area contributed by atoms with E-state index in [1.807, 2.05) is 6.92 Å². The summed E-state index contributed by atoms with van der Waals surface area (Å²) in [7, 11) is 0. The number of amides is 2. The number of rotatable bonds is 5. The van der Waals surface area contributed by atoms with Gasteiger partial charge < -0.3 is 0 Å². The van der Waals surface area contributed by atoms with Crippen LogP contribution in [0.4, 0.5) is 13.2 Å². The molecule has 0 aliphatic carbocycles. The summed E-state index contributed by atoms with van der Waals surface area (Å²) in [5.74, 6) is -0.751. The van der Waals surface area contributed by atoms with E-state index in [1.165, 1.54) is 28.3 Å². The van der Waals surface area contributed by atoms with Crippen molar-refractivity contribution in [1.82, 2.24) is 25.2 Å². The van der Waals surface area contributed by atoms with E-state index in [9.17, 15) is 22.8 Å². The maximum Gasteiger partial charge on any atom is 0.416 e. The van der Waals surface area contributed by atoms with Crippen LogP contribution in [0.5, 0.6) is 0 Å². The lowest BCUT2D eigenvalue weighted by Crippen LogP contribution is -2.42. The zero-order valence-electron chi connectivity index (χ0n) is 15.7. The number of aromatic nitrogens is 3. The third-order valence-electron chi connectivity index (χ3n) is 4.20. The van der Waals surface area contributed by atoms with Crippen LogP contribution in [0, 0.1) is 6.92 Å². The number of hydrazine groups is 1. The van der Waals surface area contributed by atoms with E-state index < -0.39 is 17.6 Å². The number of carbonyl (C=O) groups is 2. The van der Waals surface area contributed by atoms with Crippen LogP contribution in [-0.2, 0) is 15.8 Å². The highest BCUT2D eigenvalue weighted by Gasteiger charge is 2.31. The van der Waals surface area contributed by atoms with Gasteiger partial charge in [0.1, 0.15) is 6.33 Å². The molecule has 0 radical (unpaired) electrons. The molecule has 0 fully saturated rings. The molecule has 152 valence electrons. The molecule has 1 aromatic heterocycles. The summed E-state index contributed by atoms with van der Waals surface area (Å²) < 4.78 is 40.2. The molecular formula is C19H18F3N5O2. The molecule has 2 heterocycles. The number of nitrogens with zero attached hydrogens (tertiary/aromatic N) is 4. The molecule has 1 aliphatic rings. The number of benzene rings is 1. The maximum absolute atomic E-state index is 13.0. The lowest BCUT2D eigenvalue weighted by atomic mass is 10.1. The fourth-order valence-corrected chi connectivity index (χ4v) is 2.76. The second-order valence-corrected chi connectivity index (χ2v) is 6.51. The Balaban J connectivity index is 1.69. The third kappa shape index (κ3) is 4.89. The summed E-state index contributed by atoms with van der Waals surface area (Å²) in [6.07, 6.45) is 1.43. The van der Waals surface area contributed by atoms with Crippen molar-refractivity contribution < 1.29 is 22.8 Å². The van der Waals surface area contributed by atoms with Gasteiger partial charge in [0.25, 0.3) is 11.8 Å². The first kappa shape index (κ1) is 20.3. The molecule has 0 saturated carbocycles. The Morgan fingerprint density at radius 1 is 1.31 bits per heavy atom. The number of hydrogen-bond acceptors (Lipinski definition) is 4. The molecule has 1 aromatic carbocycles. The van der Waals surface area contributed by atoms with E-state index in [4.69, 9.17) is 0 Å². The highest BCUT2D eigenvalue weighted by atomic mass is 19.4. The zero-order valence-corrected chi connectivity index (χ0v) is 15.7. The number of nitrogens with one attached hydrogen (secondary N) is 1. The SMILES string of the molecule is CCC1=CC(=O)N(NC(=O)/C=C\n2cnc(-c3cc(C)cc(C(F)(F)F)c3)n2)C1. The summed E-state index contributed by atoms with van der Waals surface area (Å²) in [6, 6.07) is 3.56. The smallest absolute Gasteiger partial charge is 0.268 e. The van der Waals surface area contributed by atoms with E-state index in [1.54, 1.807) is 13.0 Å². The van der Waals surface area contributed by atoms with Gasteiger partial charge in [0, 0.05) is 23.9 Å². The molecule has 0 unspecified atom stereocenters. The fraction of sp³-hybridized carbons (Fsp3) is 0.263. The first-order valence-corrected chi connectivity index (χ1v) is 8.76. The molecule has 10 heteroatoms. The van der Waals surface area contributed by atoms with Crippen LogP contribution >= 0.6 is 0 Å². The second-order valence-electron chi connectivity index (χ2n) is 6.51. The van der Waals surface area contributed by atoms with E-state index in [2.05, 4.69) is 15.5 Å². The molecule has 0 spiro atoms. The highest BCUT2D eigenvalue weighted by Crippen LogP contribution is 2.32. The Bertz CT molecular complexity index is 1010. The molecule has 1 aliphatic heterocycles. The molecule has 1 N–H and O–H groups in total. The van der Waals surface area contributed by atoms with Gasteiger partial charge in [-0.25, -0.2) is 14.7 Å². The monoisotopic (exact) mass is 405 g/mol. The standard InChI is InChI=1S/C19H18F3N5O2/c1-3-13-8-17(29)27(10-13)24-16(28)4-5-26-11-23-18(25-26)14-6-12(2)7-15(9-14)19(20,21)22/h4-9,11H,3,10H2,1-2H3,(H,24,28)/b5-4-. The molecule has 7 nitrogen and oxygen atoms in total. The van der Waals surface area contributed by atoms with Crippen molar-refractivity contribution in [3.63, 3.8) is 0 Å². The lowest BCUT2D eigenvalue weighted by Gasteiger charge is -2.16. The van der Waals surface area contributed by atoms with E-state index >= 15 is 0 Å². The minimum atomic E-state index is -4.47. The van der Waals surface area contributed by atoms with Gasteiger partial charge in [0.2, 0.25) is 0 Å². The van der Waals surface area contributed by atoms with Crippen LogP contribution in [0.25, 0.3) is 17.6 Å². The highest BCUT2D eigenvalue weighted by molar-refractivity contribution is 5.96. The van der Waals surface area contributed by atoms with Crippen LogP contribution < -0.4 is 5.43 Å². The average Bonchev–Trinajstić information content (AvgIpc) is 3.26. The van der Waals surface area contributed by atoms with Gasteiger partial charge in [-0.05, 0) is 42.7 Å². The normalized spacial score (nSPS) is 14.6. The number of aryl methyl sites for hydroxylation is 1. The molecular weight excluding hydrogens is 387 g/mol. The summed E-state index contributed by atoms with van der Waals surface area (Å²) in [4.78, 5) is 27.7. The predicted octanol–water partition coefficient (Wildman–Crippen LogP) is 2.95. The minimum absolute atomic E-state index is 0.0933. The average molecular weight is 405 g/mol. The van der Waals surface area contributed by atoms with Crippen LogP contribution in [-0.4, -0.2) is 38.1 Å². The van der Waals surface area contributed by atoms with Gasteiger partial charge in [-0.1, -0.05) is 6.92 Å². The minimum Gasteiger partial charge on any atom is -0.268 e. The Hall–Kier alpha value is -3.43. The van der Waals surface area contributed by atoms with Gasteiger partial charge in [0.05, 0.1) is 12.1 Å². The van der Waals surface area contributed by atoms with E-state index in [0.717, 1.165) is 23.8 Å². The Labute approximate surface area is 164 Å². The zero-order chi connectivity index (χ0) is 21.2. The Morgan fingerprint density at radius 2 is 2.07 bits per heavy atom. The largest absolute Gasteiger partial charge is 0.416 e. The Kier molecular flexibility index (Phi) is 5.53. The molecule has 2 amide bonds. The summed E-state index contributed by atoms with van der Waals surface area (Å²) in [6.45, 7) is 3.80. The number of hydrogen-bond donors (Lipinski definition) is 1. The fourth-order valence-electron chi connectivity index (χ4n) is 2.76. The van der Waals surface area contributed by atoms with Crippen molar-refractivity contribution in [2.75, 3.05) is 6.54 Å². The van der Waals surface area contributed by atoms with Crippen molar-refractivity contribution in [2.45, 2.75) is 26.4 Å². The second kappa shape index (κ2) is 7.90. The van der Waals surface area contributed by atoms with Gasteiger partial charge in [-0.3, -0.25) is 15.0 Å².